The van der Waals surface area contributed by atoms with Crippen LogP contribution in [0.2, 0.25) is 0 Å². The average Bonchev–Trinajstić information content (AvgIpc) is 2.35. The summed E-state index contributed by atoms with van der Waals surface area (Å²) in [4.78, 5) is 23.2. The van der Waals surface area contributed by atoms with Crippen LogP contribution in [0, 0.1) is 0 Å². The highest BCUT2D eigenvalue weighted by atomic mass is 16.5. The summed E-state index contributed by atoms with van der Waals surface area (Å²) >= 11 is 0. The fraction of sp³-hybridized carbons (Fsp3) is 0.462. The summed E-state index contributed by atoms with van der Waals surface area (Å²) in [5.74, 6) is 4.61. The number of hydrazone groups is 1. The number of nitrogens with two attached hydrogens (primary N) is 1. The Morgan fingerprint density at radius 3 is 2.72 bits per heavy atom. The SMILES string of the molecule is CCCCCC(=O)OC1=CC=C(C)C(=O)C1=NN. The molecule has 0 fully saturated rings. The zero-order chi connectivity index (χ0) is 13.5. The van der Waals surface area contributed by atoms with Gasteiger partial charge in [0.05, 0.1) is 0 Å². The van der Waals surface area contributed by atoms with Crippen LogP contribution < -0.4 is 5.84 Å². The number of allylic oxidation sites excluding steroid dienone is 4. The molecule has 0 aromatic carbocycles. The number of hydrogen-bond donors (Lipinski definition) is 1. The summed E-state index contributed by atoms with van der Waals surface area (Å²) in [5.41, 5.74) is 0.517. The van der Waals surface area contributed by atoms with Gasteiger partial charge in [0.25, 0.3) is 0 Å². The van der Waals surface area contributed by atoms with Gasteiger partial charge in [0.15, 0.2) is 11.5 Å². The van der Waals surface area contributed by atoms with Gasteiger partial charge in [-0.3, -0.25) is 9.59 Å². The third-order valence-electron chi connectivity index (χ3n) is 2.63. The molecule has 0 amide bonds. The van der Waals surface area contributed by atoms with Crippen molar-refractivity contribution in [2.45, 2.75) is 39.5 Å². The van der Waals surface area contributed by atoms with Crippen LogP contribution in [-0.4, -0.2) is 17.5 Å². The Morgan fingerprint density at radius 1 is 1.39 bits per heavy atom. The predicted molar refractivity (Wildman–Crippen MR) is 68.7 cm³/mol. The Kier molecular flexibility index (Phi) is 5.30. The standard InChI is InChI=1S/C13H18N2O3/c1-3-4-5-6-11(16)18-10-8-7-9(2)13(17)12(10)15-14/h7-8H,3-6,14H2,1-2H3. The summed E-state index contributed by atoms with van der Waals surface area (Å²) in [6.45, 7) is 3.71. The topological polar surface area (TPSA) is 81.8 Å². The molecule has 2 N–H and O–H groups in total. The first-order valence-corrected chi connectivity index (χ1v) is 6.02. The second-order valence-electron chi connectivity index (χ2n) is 4.12. The summed E-state index contributed by atoms with van der Waals surface area (Å²) in [5, 5.41) is 3.39. The zero-order valence-corrected chi connectivity index (χ0v) is 10.7. The largest absolute Gasteiger partial charge is 0.424 e. The van der Waals surface area contributed by atoms with E-state index < -0.39 is 0 Å². The molecular formula is C13H18N2O3. The van der Waals surface area contributed by atoms with Crippen molar-refractivity contribution >= 4 is 17.5 Å². The summed E-state index contributed by atoms with van der Waals surface area (Å²) < 4.78 is 5.11. The van der Waals surface area contributed by atoms with Crippen LogP contribution in [-0.2, 0) is 14.3 Å². The minimum atomic E-state index is -0.364. The summed E-state index contributed by atoms with van der Waals surface area (Å²) in [7, 11) is 0. The highest BCUT2D eigenvalue weighted by molar-refractivity contribution is 6.51. The van der Waals surface area contributed by atoms with Gasteiger partial charge < -0.3 is 10.6 Å². The Bertz CT molecular complexity index is 434. The minimum Gasteiger partial charge on any atom is -0.424 e. The molecular weight excluding hydrogens is 232 g/mol. The van der Waals surface area contributed by atoms with Gasteiger partial charge in [0.2, 0.25) is 5.78 Å². The lowest BCUT2D eigenvalue weighted by Gasteiger charge is -2.13. The van der Waals surface area contributed by atoms with E-state index in [4.69, 9.17) is 10.6 Å². The second kappa shape index (κ2) is 6.74. The lowest BCUT2D eigenvalue weighted by molar-refractivity contribution is -0.138. The van der Waals surface area contributed by atoms with Gasteiger partial charge in [-0.25, -0.2) is 0 Å². The summed E-state index contributed by atoms with van der Waals surface area (Å²) in [6, 6.07) is 0. The number of rotatable bonds is 5. The first kappa shape index (κ1) is 14.2. The third-order valence-corrected chi connectivity index (χ3v) is 2.63. The van der Waals surface area contributed by atoms with Crippen molar-refractivity contribution in [3.05, 3.63) is 23.5 Å². The zero-order valence-electron chi connectivity index (χ0n) is 10.7. The molecule has 1 aliphatic rings. The molecule has 0 aromatic heterocycles. The number of unbranched alkanes of at least 4 members (excludes halogenated alkanes) is 2. The Hall–Kier alpha value is -1.91. The van der Waals surface area contributed by atoms with Crippen molar-refractivity contribution in [3.8, 4) is 0 Å². The van der Waals surface area contributed by atoms with E-state index in [-0.39, 0.29) is 23.2 Å². The number of ether oxygens (including phenoxy) is 1. The molecule has 5 heteroatoms. The van der Waals surface area contributed by atoms with Crippen molar-refractivity contribution < 1.29 is 14.3 Å². The fourth-order valence-electron chi connectivity index (χ4n) is 1.55. The number of Topliss-reactive ketones (excluding diaryl/α,β-unsaturated/α-hetero) is 1. The lowest BCUT2D eigenvalue weighted by atomic mass is 10.0. The molecule has 0 spiro atoms. The molecule has 5 nitrogen and oxygen atoms in total. The van der Waals surface area contributed by atoms with Crippen molar-refractivity contribution in [3.63, 3.8) is 0 Å². The fourth-order valence-corrected chi connectivity index (χ4v) is 1.55. The highest BCUT2D eigenvalue weighted by Crippen LogP contribution is 2.15. The van der Waals surface area contributed by atoms with E-state index >= 15 is 0 Å². The van der Waals surface area contributed by atoms with Gasteiger partial charge >= 0.3 is 5.97 Å². The third kappa shape index (κ3) is 3.55. The summed E-state index contributed by atoms with van der Waals surface area (Å²) in [6.07, 6.45) is 6.25. The lowest BCUT2D eigenvalue weighted by Crippen LogP contribution is -2.25. The van der Waals surface area contributed by atoms with E-state index in [0.29, 0.717) is 12.0 Å². The molecule has 98 valence electrons. The molecule has 0 heterocycles. The molecule has 1 aliphatic carbocycles. The van der Waals surface area contributed by atoms with Crippen molar-refractivity contribution in [1.82, 2.24) is 0 Å². The maximum absolute atomic E-state index is 11.7. The second-order valence-corrected chi connectivity index (χ2v) is 4.12. The van der Waals surface area contributed by atoms with E-state index in [9.17, 15) is 9.59 Å². The number of nitrogens with zero attached hydrogens (tertiary/aromatic N) is 1. The molecule has 0 atom stereocenters. The smallest absolute Gasteiger partial charge is 0.311 e. The quantitative estimate of drug-likeness (QED) is 0.265. The van der Waals surface area contributed by atoms with Gasteiger partial charge in [-0.05, 0) is 25.0 Å². The molecule has 1 rings (SSSR count). The van der Waals surface area contributed by atoms with Crippen LogP contribution in [0.25, 0.3) is 0 Å². The Balaban J connectivity index is 2.66. The van der Waals surface area contributed by atoms with Gasteiger partial charge in [0.1, 0.15) is 0 Å². The van der Waals surface area contributed by atoms with E-state index in [1.807, 2.05) is 0 Å². The van der Waals surface area contributed by atoms with E-state index in [1.165, 1.54) is 0 Å². The molecule has 0 aliphatic heterocycles. The van der Waals surface area contributed by atoms with Gasteiger partial charge in [-0.2, -0.15) is 5.10 Å². The van der Waals surface area contributed by atoms with Gasteiger partial charge in [-0.15, -0.1) is 0 Å². The van der Waals surface area contributed by atoms with Crippen LogP contribution in [0.1, 0.15) is 39.5 Å². The van der Waals surface area contributed by atoms with Crippen molar-refractivity contribution in [2.75, 3.05) is 0 Å². The van der Waals surface area contributed by atoms with Crippen LogP contribution in [0.4, 0.5) is 0 Å². The van der Waals surface area contributed by atoms with Crippen LogP contribution in [0.3, 0.4) is 0 Å². The van der Waals surface area contributed by atoms with Crippen LogP contribution in [0.15, 0.2) is 28.6 Å². The number of carbonyl (C=O) groups is 2. The van der Waals surface area contributed by atoms with Crippen LogP contribution >= 0.6 is 0 Å². The minimum absolute atomic E-state index is 0.00107. The molecule has 0 saturated carbocycles. The number of esters is 1. The first-order chi connectivity index (χ1) is 8.60. The van der Waals surface area contributed by atoms with E-state index in [0.717, 1.165) is 19.3 Å². The van der Waals surface area contributed by atoms with Crippen LogP contribution in [0.5, 0.6) is 0 Å². The number of ketones is 1. The first-order valence-electron chi connectivity index (χ1n) is 6.02. The Morgan fingerprint density at radius 2 is 2.11 bits per heavy atom. The predicted octanol–water partition coefficient (Wildman–Crippen LogP) is 1.84. The highest BCUT2D eigenvalue weighted by Gasteiger charge is 2.24. The maximum atomic E-state index is 11.7. The monoisotopic (exact) mass is 250 g/mol. The van der Waals surface area contributed by atoms with E-state index in [1.54, 1.807) is 19.1 Å². The van der Waals surface area contributed by atoms with Gasteiger partial charge in [0, 0.05) is 6.42 Å². The average molecular weight is 250 g/mol. The Labute approximate surface area is 106 Å². The van der Waals surface area contributed by atoms with E-state index in [2.05, 4.69) is 12.0 Å². The molecule has 18 heavy (non-hydrogen) atoms. The normalized spacial score (nSPS) is 17.4. The number of carbonyl (C=O) groups excluding carboxylic acids is 2. The van der Waals surface area contributed by atoms with Gasteiger partial charge in [-0.1, -0.05) is 25.8 Å². The maximum Gasteiger partial charge on any atom is 0.311 e. The number of hydrogen-bond acceptors (Lipinski definition) is 5. The molecule has 0 aromatic rings. The van der Waals surface area contributed by atoms with Crippen molar-refractivity contribution in [1.29, 1.82) is 0 Å². The molecule has 0 bridgehead atoms. The molecule has 0 radical (unpaired) electrons. The van der Waals surface area contributed by atoms with Crippen molar-refractivity contribution in [2.24, 2.45) is 10.9 Å². The molecule has 0 saturated heterocycles. The molecule has 0 unspecified atom stereocenters.